The van der Waals surface area contributed by atoms with Crippen molar-refractivity contribution in [3.8, 4) is 0 Å². The number of halogens is 15. The zero-order valence-electron chi connectivity index (χ0n) is 21.9. The Morgan fingerprint density at radius 3 is 0.761 bits per heavy atom. The second-order valence-electron chi connectivity index (χ2n) is 9.21. The van der Waals surface area contributed by atoms with Gasteiger partial charge in [-0.15, -0.1) is 16.4 Å². The Hall–Kier alpha value is -4.96. The molecule has 0 aliphatic carbocycles. The third kappa shape index (κ3) is 5.12. The van der Waals surface area contributed by atoms with E-state index in [1.165, 1.54) is 0 Å². The second-order valence-corrected chi connectivity index (χ2v) is 9.21. The average molecular weight is 670 g/mol. The lowest BCUT2D eigenvalue weighted by Gasteiger charge is -2.44. The highest BCUT2D eigenvalue weighted by molar-refractivity contribution is 7.20. The van der Waals surface area contributed by atoms with Crippen molar-refractivity contribution in [2.75, 3.05) is 0 Å². The maximum absolute atomic E-state index is 15.3. The fourth-order valence-electron chi connectivity index (χ4n) is 4.97. The molecule has 46 heavy (non-hydrogen) atoms. The van der Waals surface area contributed by atoms with Gasteiger partial charge in [-0.25, -0.2) is 70.3 Å². The van der Waals surface area contributed by atoms with Crippen molar-refractivity contribution in [1.82, 2.24) is 0 Å². The normalized spacial score (nSPS) is 11.4. The van der Waals surface area contributed by atoms with Gasteiger partial charge in [-0.2, -0.15) is 5.46 Å². The van der Waals surface area contributed by atoms with E-state index in [0.29, 0.717) is 12.1 Å². The number of hydrogen-bond donors (Lipinski definition) is 0. The standard InChI is InChI=1S/C24H5BF15.C5H5O/c26-10-7(11(27)17(33)22(38)16(10)32)25(6-4-2-1-3-5-6,8-12(28)18(34)23(39)19(35)13(8)29)9-14(30)20(36)24(40)21(37)15(9)31;1-2-4-6-5-3-1/h1-5H;1-5H/q-1;+1. The maximum atomic E-state index is 15.3. The average Bonchev–Trinajstić information content (AvgIpc) is 3.07. The van der Waals surface area contributed by atoms with Crippen LogP contribution in [-0.2, 0) is 0 Å². The SMILES string of the molecule is Fc1c(F)c(F)c([B-](c2ccccc2)(c2c(F)c(F)c(F)c(F)c2F)c2c(F)c(F)c(F)c(F)c2F)c(F)c1F.c1cc[o+]cc1. The monoisotopic (exact) mass is 670 g/mol. The molecule has 0 fully saturated rings. The molecule has 0 atom stereocenters. The highest BCUT2D eigenvalue weighted by Gasteiger charge is 2.48. The van der Waals surface area contributed by atoms with Crippen LogP contribution >= 0.6 is 0 Å². The van der Waals surface area contributed by atoms with Gasteiger partial charge < -0.3 is 0 Å². The lowest BCUT2D eigenvalue weighted by Crippen LogP contribution is -2.79. The van der Waals surface area contributed by atoms with Crippen LogP contribution in [0.5, 0.6) is 0 Å². The topological polar surface area (TPSA) is 11.3 Å². The molecular formula is C29H10BF15O. The third-order valence-electron chi connectivity index (χ3n) is 6.87. The predicted molar refractivity (Wildman–Crippen MR) is 133 cm³/mol. The fraction of sp³-hybridized carbons (Fsp3) is 0. The summed E-state index contributed by atoms with van der Waals surface area (Å²) >= 11 is 0. The molecule has 0 amide bonds. The number of rotatable bonds is 4. The van der Waals surface area contributed by atoms with E-state index >= 15 is 26.3 Å². The number of benzene rings is 4. The van der Waals surface area contributed by atoms with Crippen LogP contribution in [0.3, 0.4) is 0 Å². The minimum Gasteiger partial charge on any atom is -0.224 e. The van der Waals surface area contributed by atoms with Gasteiger partial charge >= 0.3 is 12.5 Å². The van der Waals surface area contributed by atoms with E-state index in [1.54, 1.807) is 12.5 Å². The summed E-state index contributed by atoms with van der Waals surface area (Å²) in [4.78, 5) is 0. The molecule has 0 saturated heterocycles. The van der Waals surface area contributed by atoms with Gasteiger partial charge in [0.1, 0.15) is 41.0 Å². The predicted octanol–water partition coefficient (Wildman–Crippen LogP) is 6.71. The molecule has 0 aliphatic heterocycles. The first-order chi connectivity index (χ1) is 21.6. The van der Waals surface area contributed by atoms with Gasteiger partial charge in [0, 0.05) is 12.1 Å². The van der Waals surface area contributed by atoms with Crippen molar-refractivity contribution >= 4 is 28.0 Å². The quantitative estimate of drug-likeness (QED) is 0.0681. The molecule has 240 valence electrons. The summed E-state index contributed by atoms with van der Waals surface area (Å²) in [5.74, 6) is -45.5. The van der Waals surface area contributed by atoms with Gasteiger partial charge in [-0.05, 0) is 6.07 Å². The van der Waals surface area contributed by atoms with Crippen LogP contribution in [0.15, 0.2) is 65.5 Å². The molecule has 17 heteroatoms. The Morgan fingerprint density at radius 2 is 0.543 bits per heavy atom. The van der Waals surface area contributed by atoms with Gasteiger partial charge in [0.2, 0.25) is 0 Å². The molecule has 1 nitrogen and oxygen atoms in total. The van der Waals surface area contributed by atoms with E-state index in [9.17, 15) is 39.5 Å². The lowest BCUT2D eigenvalue weighted by atomic mass is 9.12. The Balaban J connectivity index is 0.000000717. The van der Waals surface area contributed by atoms with Crippen LogP contribution in [0, 0.1) is 87.3 Å². The fourth-order valence-corrected chi connectivity index (χ4v) is 4.97. The molecule has 0 spiro atoms. The summed E-state index contributed by atoms with van der Waals surface area (Å²) in [6, 6.07) is 8.82. The Kier molecular flexibility index (Phi) is 9.45. The van der Waals surface area contributed by atoms with Crippen LogP contribution in [0.2, 0.25) is 0 Å². The second kappa shape index (κ2) is 12.8. The Morgan fingerprint density at radius 1 is 0.304 bits per heavy atom. The zero-order valence-corrected chi connectivity index (χ0v) is 21.9. The summed E-state index contributed by atoms with van der Waals surface area (Å²) in [6.45, 7) is 0. The molecule has 5 aromatic rings. The lowest BCUT2D eigenvalue weighted by molar-refractivity contribution is 0.380. The molecule has 1 heterocycles. The van der Waals surface area contributed by atoms with Gasteiger partial charge in [0.05, 0.1) is 0 Å². The molecular weight excluding hydrogens is 660 g/mol. The van der Waals surface area contributed by atoms with Crippen LogP contribution in [0.25, 0.3) is 0 Å². The minimum atomic E-state index is -5.72. The number of hydrogen-bond acceptors (Lipinski definition) is 0. The van der Waals surface area contributed by atoms with Crippen molar-refractivity contribution < 1.29 is 70.3 Å². The van der Waals surface area contributed by atoms with E-state index in [0.717, 1.165) is 18.2 Å². The van der Waals surface area contributed by atoms with Crippen LogP contribution < -0.4 is 21.9 Å². The Labute approximate surface area is 247 Å². The van der Waals surface area contributed by atoms with Gasteiger partial charge in [-0.1, -0.05) is 30.3 Å². The largest absolute Gasteiger partial charge is 0.317 e. The maximum Gasteiger partial charge on any atom is 0.317 e. The summed E-state index contributed by atoms with van der Waals surface area (Å²) in [5, 5.41) is 0. The molecule has 5 rings (SSSR count). The van der Waals surface area contributed by atoms with Crippen molar-refractivity contribution in [2.45, 2.75) is 0 Å². The molecule has 0 unspecified atom stereocenters. The van der Waals surface area contributed by atoms with E-state index in [1.807, 2.05) is 18.2 Å². The molecule has 0 saturated carbocycles. The van der Waals surface area contributed by atoms with Crippen molar-refractivity contribution in [1.29, 1.82) is 0 Å². The molecule has 4 aromatic carbocycles. The molecule has 1 aromatic heterocycles. The van der Waals surface area contributed by atoms with Gasteiger partial charge in [0.15, 0.2) is 52.4 Å². The summed E-state index contributed by atoms with van der Waals surface area (Å²) in [6.07, 6.45) is -2.47. The van der Waals surface area contributed by atoms with Crippen molar-refractivity contribution in [2.24, 2.45) is 0 Å². The van der Waals surface area contributed by atoms with Crippen LogP contribution in [0.4, 0.5) is 65.9 Å². The summed E-state index contributed by atoms with van der Waals surface area (Å²) in [5.41, 5.74) is -9.41. The van der Waals surface area contributed by atoms with Gasteiger partial charge in [-0.3, -0.25) is 0 Å². The van der Waals surface area contributed by atoms with E-state index in [4.69, 9.17) is 0 Å². The Bertz CT molecular complexity index is 1670. The first-order valence-corrected chi connectivity index (χ1v) is 12.2. The minimum absolute atomic E-state index is 0.397. The zero-order chi connectivity index (χ0) is 34.2. The molecule has 0 N–H and O–H groups in total. The first kappa shape index (κ1) is 33.9. The van der Waals surface area contributed by atoms with Crippen LogP contribution in [0.1, 0.15) is 0 Å². The highest BCUT2D eigenvalue weighted by Crippen LogP contribution is 2.28. The first-order valence-electron chi connectivity index (χ1n) is 12.2. The third-order valence-corrected chi connectivity index (χ3v) is 6.87. The van der Waals surface area contributed by atoms with E-state index < -0.39 is 115 Å². The molecule has 0 radical (unpaired) electrons. The van der Waals surface area contributed by atoms with Crippen molar-refractivity contribution in [3.05, 3.63) is 148 Å². The van der Waals surface area contributed by atoms with Gasteiger partial charge in [0.25, 0.3) is 0 Å². The molecule has 0 aliphatic rings. The van der Waals surface area contributed by atoms with Crippen molar-refractivity contribution in [3.63, 3.8) is 0 Å². The van der Waals surface area contributed by atoms with E-state index in [-0.39, 0.29) is 0 Å². The smallest absolute Gasteiger partial charge is 0.224 e. The summed E-state index contributed by atoms with van der Waals surface area (Å²) in [7, 11) is 0. The highest BCUT2D eigenvalue weighted by atomic mass is 19.2. The van der Waals surface area contributed by atoms with E-state index in [2.05, 4.69) is 4.42 Å². The molecule has 0 bridgehead atoms. The summed E-state index contributed by atoms with van der Waals surface area (Å²) < 4.78 is 225. The van der Waals surface area contributed by atoms with Crippen LogP contribution in [-0.4, -0.2) is 6.15 Å².